The van der Waals surface area contributed by atoms with Crippen molar-refractivity contribution in [3.8, 4) is 0 Å². The first-order chi connectivity index (χ1) is 7.81. The molecule has 0 spiro atoms. The molecule has 1 aliphatic rings. The second-order valence-electron chi connectivity index (χ2n) is 4.34. The van der Waals surface area contributed by atoms with Crippen molar-refractivity contribution in [3.63, 3.8) is 0 Å². The van der Waals surface area contributed by atoms with Gasteiger partial charge in [-0.3, -0.25) is 4.90 Å². The van der Waals surface area contributed by atoms with Gasteiger partial charge in [-0.05, 0) is 18.9 Å². The molecule has 0 heterocycles. The van der Waals surface area contributed by atoms with Crippen molar-refractivity contribution in [1.29, 1.82) is 0 Å². The van der Waals surface area contributed by atoms with Gasteiger partial charge in [0.25, 0.3) is 0 Å². The molecule has 0 atom stereocenters. The molecule has 0 radical (unpaired) electrons. The lowest BCUT2D eigenvalue weighted by atomic mass is 9.91. The second kappa shape index (κ2) is 5.78. The fraction of sp³-hybridized carbons (Fsp3) is 0.538. The third-order valence-corrected chi connectivity index (χ3v) is 3.65. The number of halogens is 2. The molecule has 1 aromatic rings. The highest BCUT2D eigenvalue weighted by Gasteiger charge is 2.24. The Morgan fingerprint density at radius 3 is 2.62 bits per heavy atom. The van der Waals surface area contributed by atoms with Crippen molar-refractivity contribution in [1.82, 2.24) is 4.90 Å². The van der Waals surface area contributed by atoms with Gasteiger partial charge in [-0.25, -0.2) is 4.39 Å². The fourth-order valence-corrected chi connectivity index (χ4v) is 2.55. The van der Waals surface area contributed by atoms with E-state index in [0.29, 0.717) is 6.04 Å². The number of benzene rings is 1. The first-order valence-corrected chi connectivity index (χ1v) is 6.97. The average Bonchev–Trinajstić information content (AvgIpc) is 2.19. The fourth-order valence-electron chi connectivity index (χ4n) is 2.10. The number of alkyl halides is 1. The lowest BCUT2D eigenvalue weighted by Crippen LogP contribution is -2.40. The predicted octanol–water partition coefficient (Wildman–Crippen LogP) is 3.58. The van der Waals surface area contributed by atoms with E-state index in [9.17, 15) is 4.39 Å². The molecular formula is C13H17BrFN. The van der Waals surface area contributed by atoms with Crippen molar-refractivity contribution in [2.24, 2.45) is 0 Å². The lowest BCUT2D eigenvalue weighted by molar-refractivity contribution is 0.127. The van der Waals surface area contributed by atoms with Gasteiger partial charge in [0.05, 0.1) is 0 Å². The van der Waals surface area contributed by atoms with E-state index in [1.807, 2.05) is 12.1 Å². The smallest absolute Gasteiger partial charge is 0.127 e. The van der Waals surface area contributed by atoms with Crippen LogP contribution in [-0.2, 0) is 6.54 Å². The third-order valence-electron chi connectivity index (χ3n) is 3.29. The molecule has 0 bridgehead atoms. The lowest BCUT2D eigenvalue weighted by Gasteiger charge is -2.37. The zero-order chi connectivity index (χ0) is 11.4. The highest BCUT2D eigenvalue weighted by atomic mass is 79.9. The summed E-state index contributed by atoms with van der Waals surface area (Å²) in [5.74, 6) is -0.0820. The van der Waals surface area contributed by atoms with E-state index in [0.717, 1.165) is 24.0 Å². The van der Waals surface area contributed by atoms with Gasteiger partial charge in [-0.1, -0.05) is 40.5 Å². The summed E-state index contributed by atoms with van der Waals surface area (Å²) in [7, 11) is 0. The van der Waals surface area contributed by atoms with E-state index in [-0.39, 0.29) is 5.82 Å². The van der Waals surface area contributed by atoms with Crippen LogP contribution < -0.4 is 0 Å². The summed E-state index contributed by atoms with van der Waals surface area (Å²) < 4.78 is 13.5. The molecule has 16 heavy (non-hydrogen) atoms. The molecule has 0 aliphatic heterocycles. The number of nitrogens with zero attached hydrogens (tertiary/aromatic N) is 1. The second-order valence-corrected chi connectivity index (χ2v) is 5.13. The molecule has 1 aliphatic carbocycles. The molecule has 1 aromatic carbocycles. The van der Waals surface area contributed by atoms with E-state index in [2.05, 4.69) is 20.8 Å². The van der Waals surface area contributed by atoms with E-state index < -0.39 is 0 Å². The molecule has 1 nitrogen and oxygen atoms in total. The average molecular weight is 286 g/mol. The maximum Gasteiger partial charge on any atom is 0.127 e. The van der Waals surface area contributed by atoms with Crippen LogP contribution in [0, 0.1) is 5.82 Å². The van der Waals surface area contributed by atoms with Crippen LogP contribution in [0.2, 0.25) is 0 Å². The van der Waals surface area contributed by atoms with Crippen LogP contribution in [0.3, 0.4) is 0 Å². The van der Waals surface area contributed by atoms with Gasteiger partial charge in [0.2, 0.25) is 0 Å². The zero-order valence-corrected chi connectivity index (χ0v) is 10.9. The quantitative estimate of drug-likeness (QED) is 0.748. The minimum Gasteiger partial charge on any atom is -0.295 e. The van der Waals surface area contributed by atoms with E-state index in [4.69, 9.17) is 0 Å². The summed E-state index contributed by atoms with van der Waals surface area (Å²) in [6.45, 7) is 1.74. The summed E-state index contributed by atoms with van der Waals surface area (Å²) in [6.07, 6.45) is 3.85. The van der Waals surface area contributed by atoms with Crippen molar-refractivity contribution >= 4 is 15.9 Å². The molecule has 0 saturated heterocycles. The highest BCUT2D eigenvalue weighted by Crippen LogP contribution is 2.26. The van der Waals surface area contributed by atoms with Crippen molar-refractivity contribution < 1.29 is 4.39 Å². The maximum absolute atomic E-state index is 13.5. The summed E-state index contributed by atoms with van der Waals surface area (Å²) in [5, 5.41) is 0.956. The molecule has 0 aromatic heterocycles. The molecule has 2 rings (SSSR count). The predicted molar refractivity (Wildman–Crippen MR) is 68.2 cm³/mol. The standard InChI is InChI=1S/C13H17BrFN/c14-8-9-16(12-5-3-6-12)10-11-4-1-2-7-13(11)15/h1-2,4,7,12H,3,5-6,8-10H2. The summed E-state index contributed by atoms with van der Waals surface area (Å²) in [6, 6.07) is 7.75. The van der Waals surface area contributed by atoms with Crippen LogP contribution in [0.25, 0.3) is 0 Å². The zero-order valence-electron chi connectivity index (χ0n) is 9.33. The molecule has 1 fully saturated rings. The van der Waals surface area contributed by atoms with Crippen LogP contribution in [0.15, 0.2) is 24.3 Å². The van der Waals surface area contributed by atoms with Crippen LogP contribution in [-0.4, -0.2) is 22.8 Å². The maximum atomic E-state index is 13.5. The van der Waals surface area contributed by atoms with E-state index in [1.165, 1.54) is 19.3 Å². The van der Waals surface area contributed by atoms with Gasteiger partial charge >= 0.3 is 0 Å². The summed E-state index contributed by atoms with van der Waals surface area (Å²) in [5.41, 5.74) is 0.815. The number of hydrogen-bond acceptors (Lipinski definition) is 1. The third kappa shape index (κ3) is 2.83. The van der Waals surface area contributed by atoms with Gasteiger partial charge in [-0.15, -0.1) is 0 Å². The van der Waals surface area contributed by atoms with Crippen LogP contribution in [0.5, 0.6) is 0 Å². The topological polar surface area (TPSA) is 3.24 Å². The molecule has 0 N–H and O–H groups in total. The van der Waals surface area contributed by atoms with Crippen LogP contribution in [0.4, 0.5) is 4.39 Å². The van der Waals surface area contributed by atoms with Gasteiger partial charge in [-0.2, -0.15) is 0 Å². The molecular weight excluding hydrogens is 269 g/mol. The van der Waals surface area contributed by atoms with Crippen molar-refractivity contribution in [2.75, 3.05) is 11.9 Å². The Balaban J connectivity index is 2.01. The van der Waals surface area contributed by atoms with Crippen LogP contribution >= 0.6 is 15.9 Å². The first-order valence-electron chi connectivity index (χ1n) is 5.84. The van der Waals surface area contributed by atoms with Crippen molar-refractivity contribution in [2.45, 2.75) is 31.8 Å². The monoisotopic (exact) mass is 285 g/mol. The van der Waals surface area contributed by atoms with E-state index in [1.54, 1.807) is 12.1 Å². The normalized spacial score (nSPS) is 16.4. The summed E-state index contributed by atoms with van der Waals surface area (Å²) in [4.78, 5) is 2.39. The summed E-state index contributed by atoms with van der Waals surface area (Å²) >= 11 is 3.47. The Kier molecular flexibility index (Phi) is 4.36. The van der Waals surface area contributed by atoms with Gasteiger partial charge < -0.3 is 0 Å². The SMILES string of the molecule is Fc1ccccc1CN(CCBr)C1CCC1. The highest BCUT2D eigenvalue weighted by molar-refractivity contribution is 9.09. The number of hydrogen-bond donors (Lipinski definition) is 0. The Labute approximate surface area is 105 Å². The van der Waals surface area contributed by atoms with Crippen LogP contribution in [0.1, 0.15) is 24.8 Å². The van der Waals surface area contributed by atoms with Gasteiger partial charge in [0, 0.05) is 30.0 Å². The Morgan fingerprint density at radius 1 is 1.31 bits per heavy atom. The van der Waals surface area contributed by atoms with Crippen molar-refractivity contribution in [3.05, 3.63) is 35.6 Å². The minimum absolute atomic E-state index is 0.0820. The van der Waals surface area contributed by atoms with Gasteiger partial charge in [0.1, 0.15) is 5.82 Å². The minimum atomic E-state index is -0.0820. The Hall–Kier alpha value is -0.410. The molecule has 0 unspecified atom stereocenters. The Morgan fingerprint density at radius 2 is 2.06 bits per heavy atom. The first kappa shape index (κ1) is 12.1. The Bertz CT molecular complexity index is 338. The largest absolute Gasteiger partial charge is 0.295 e. The van der Waals surface area contributed by atoms with Gasteiger partial charge in [0.15, 0.2) is 0 Å². The number of rotatable bonds is 5. The molecule has 0 amide bonds. The molecule has 3 heteroatoms. The molecule has 1 saturated carbocycles. The van der Waals surface area contributed by atoms with E-state index >= 15 is 0 Å². The molecule has 88 valence electrons.